The summed E-state index contributed by atoms with van der Waals surface area (Å²) >= 11 is 0. The highest BCUT2D eigenvalue weighted by Gasteiger charge is 2.36. The van der Waals surface area contributed by atoms with Crippen LogP contribution in [-0.4, -0.2) is 128 Å². The number of benzene rings is 3. The van der Waals surface area contributed by atoms with Gasteiger partial charge in [-0.3, -0.25) is 24.0 Å². The van der Waals surface area contributed by atoms with Crippen molar-refractivity contribution in [3.8, 4) is 40.1 Å². The molecule has 1 aliphatic rings. The lowest BCUT2D eigenvalue weighted by molar-refractivity contribution is -0.142. The van der Waals surface area contributed by atoms with Gasteiger partial charge in [-0.05, 0) is 101 Å². The molecule has 3 aromatic carbocycles. The zero-order chi connectivity index (χ0) is 50.6. The molecule has 2 heterocycles. The molecule has 0 aliphatic carbocycles. The summed E-state index contributed by atoms with van der Waals surface area (Å²) in [5.41, 5.74) is 11.2. The standard InChI is InChI=1S/C54H70N8O7/c1-34-28-47(65)50(62(10)53(67)39(21-23-56)32-46(64)43-33-57-51(58-35(43)2)37-14-17-40(18-15-37)54(3,4)5)38-16-20-49(69-27-25-61(8)9)42(31-38)41-29-36(13-19-48(41)68-26-24-60(6)7)30-44(59-52(34)66)45(63)12-11-22-55/h13-20,29,31,33-34,39,44,50H,11-12,21,23-28,30,32,56H2,1-10H3,(H,59,66)/t34-,39-,44+,50+/m1/s1. The molecular weight excluding hydrogens is 873 g/mol. The molecule has 0 saturated carbocycles. The van der Waals surface area contributed by atoms with Crippen LogP contribution < -0.4 is 20.5 Å². The van der Waals surface area contributed by atoms with E-state index >= 15 is 0 Å². The van der Waals surface area contributed by atoms with Crippen LogP contribution in [0.15, 0.2) is 66.9 Å². The Morgan fingerprint density at radius 2 is 1.52 bits per heavy atom. The summed E-state index contributed by atoms with van der Waals surface area (Å²) in [6.45, 7) is 11.8. The van der Waals surface area contributed by atoms with Gasteiger partial charge in [-0.15, -0.1) is 0 Å². The average molecular weight is 943 g/mol. The zero-order valence-corrected chi connectivity index (χ0v) is 42.1. The quantitative estimate of drug-likeness (QED) is 0.0961. The maximum Gasteiger partial charge on any atom is 0.226 e. The van der Waals surface area contributed by atoms with Gasteiger partial charge in [0.1, 0.15) is 30.8 Å². The Kier molecular flexibility index (Phi) is 18.9. The average Bonchev–Trinajstić information content (AvgIpc) is 3.30. The Morgan fingerprint density at radius 1 is 0.899 bits per heavy atom. The van der Waals surface area contributed by atoms with Crippen LogP contribution in [0.4, 0.5) is 0 Å². The lowest BCUT2D eigenvalue weighted by Gasteiger charge is -2.32. The highest BCUT2D eigenvalue weighted by atomic mass is 16.5. The number of hydrogen-bond donors (Lipinski definition) is 2. The van der Waals surface area contributed by atoms with Crippen molar-refractivity contribution in [2.75, 3.05) is 68.1 Å². The lowest BCUT2D eigenvalue weighted by Crippen LogP contribution is -2.46. The summed E-state index contributed by atoms with van der Waals surface area (Å²) in [6, 6.07) is 18.7. The van der Waals surface area contributed by atoms with Gasteiger partial charge < -0.3 is 35.2 Å². The van der Waals surface area contributed by atoms with Crippen LogP contribution in [0.5, 0.6) is 11.5 Å². The minimum atomic E-state index is -1.22. The number of carbonyl (C=O) groups is 5. The summed E-state index contributed by atoms with van der Waals surface area (Å²) in [6.07, 6.45) is 1.20. The van der Waals surface area contributed by atoms with Gasteiger partial charge >= 0.3 is 0 Å². The topological polar surface area (TPSA) is 201 Å². The first kappa shape index (κ1) is 53.6. The Balaban J connectivity index is 1.58. The number of nitrogens with zero attached hydrogens (tertiary/aromatic N) is 6. The number of aryl methyl sites for hydroxylation is 1. The van der Waals surface area contributed by atoms with Crippen LogP contribution in [-0.2, 0) is 31.0 Å². The summed E-state index contributed by atoms with van der Waals surface area (Å²) < 4.78 is 12.8. The van der Waals surface area contributed by atoms with Crippen LogP contribution in [0, 0.1) is 30.1 Å². The molecule has 4 aromatic rings. The first-order valence-corrected chi connectivity index (χ1v) is 23.7. The second kappa shape index (κ2) is 24.3. The van der Waals surface area contributed by atoms with E-state index in [9.17, 15) is 29.2 Å². The predicted octanol–water partition coefficient (Wildman–Crippen LogP) is 6.54. The molecule has 1 aromatic heterocycles. The third-order valence-corrected chi connectivity index (χ3v) is 12.5. The van der Waals surface area contributed by atoms with Crippen molar-refractivity contribution < 1.29 is 33.4 Å². The van der Waals surface area contributed by atoms with E-state index in [4.69, 9.17) is 15.2 Å². The van der Waals surface area contributed by atoms with Gasteiger partial charge in [0.25, 0.3) is 0 Å². The molecule has 0 radical (unpaired) electrons. The largest absolute Gasteiger partial charge is 0.492 e. The highest BCUT2D eigenvalue weighted by molar-refractivity contribution is 6.00. The number of fused-ring (bicyclic) bond motifs is 5. The number of ketones is 3. The second-order valence-electron chi connectivity index (χ2n) is 19.6. The molecule has 4 atom stereocenters. The van der Waals surface area contributed by atoms with E-state index in [2.05, 4.69) is 36.1 Å². The minimum Gasteiger partial charge on any atom is -0.492 e. The number of nitriles is 1. The first-order valence-electron chi connectivity index (χ1n) is 23.7. The molecule has 1 aliphatic heterocycles. The number of aromatic nitrogens is 2. The molecule has 3 N–H and O–H groups in total. The first-order chi connectivity index (χ1) is 32.7. The van der Waals surface area contributed by atoms with Crippen LogP contribution in [0.1, 0.15) is 98.6 Å². The molecule has 368 valence electrons. The van der Waals surface area contributed by atoms with Crippen molar-refractivity contribution in [3.05, 3.63) is 94.8 Å². The lowest BCUT2D eigenvalue weighted by atomic mass is 9.86. The number of nitrogens with two attached hydrogens (primary N) is 1. The van der Waals surface area contributed by atoms with E-state index in [0.717, 1.165) is 5.56 Å². The number of amides is 2. The minimum absolute atomic E-state index is 0.0189. The van der Waals surface area contributed by atoms with E-state index < -0.39 is 41.5 Å². The van der Waals surface area contributed by atoms with E-state index in [0.29, 0.717) is 71.6 Å². The maximum atomic E-state index is 14.9. The van der Waals surface area contributed by atoms with Crippen LogP contribution >= 0.6 is 0 Å². The molecule has 4 bridgehead atoms. The summed E-state index contributed by atoms with van der Waals surface area (Å²) in [5, 5.41) is 12.2. The Morgan fingerprint density at radius 3 is 2.10 bits per heavy atom. The predicted molar refractivity (Wildman–Crippen MR) is 267 cm³/mol. The molecule has 15 nitrogen and oxygen atoms in total. The third kappa shape index (κ3) is 14.4. The fourth-order valence-electron chi connectivity index (χ4n) is 8.31. The highest BCUT2D eigenvalue weighted by Crippen LogP contribution is 2.41. The van der Waals surface area contributed by atoms with Crippen molar-refractivity contribution in [1.29, 1.82) is 5.26 Å². The molecule has 0 spiro atoms. The molecule has 5 rings (SSSR count). The number of likely N-dealkylation sites (N-methyl/N-ethyl adjacent to an activating group) is 3. The fraction of sp³-hybridized carbons (Fsp3) is 0.481. The summed E-state index contributed by atoms with van der Waals surface area (Å²) in [4.78, 5) is 85.9. The van der Waals surface area contributed by atoms with Gasteiger partial charge in [0.2, 0.25) is 11.8 Å². The maximum absolute atomic E-state index is 14.9. The van der Waals surface area contributed by atoms with Crippen LogP contribution in [0.3, 0.4) is 0 Å². The van der Waals surface area contributed by atoms with E-state index in [1.54, 1.807) is 26.0 Å². The van der Waals surface area contributed by atoms with Crippen molar-refractivity contribution in [1.82, 2.24) is 30.0 Å². The van der Waals surface area contributed by atoms with E-state index in [1.807, 2.05) is 92.6 Å². The van der Waals surface area contributed by atoms with Crippen molar-refractivity contribution >= 4 is 29.2 Å². The number of ether oxygens (including phenoxy) is 2. The fourth-order valence-corrected chi connectivity index (χ4v) is 8.31. The number of rotatable bonds is 19. The van der Waals surface area contributed by atoms with Gasteiger partial charge in [0.15, 0.2) is 23.2 Å². The normalized spacial score (nSPS) is 16.8. The van der Waals surface area contributed by atoms with Crippen molar-refractivity contribution in [2.24, 2.45) is 17.6 Å². The van der Waals surface area contributed by atoms with Gasteiger partial charge in [-0.25, -0.2) is 9.97 Å². The van der Waals surface area contributed by atoms with Crippen LogP contribution in [0.25, 0.3) is 22.5 Å². The number of nitrogens with one attached hydrogen (secondary N) is 1. The van der Waals surface area contributed by atoms with Gasteiger partial charge in [0.05, 0.1) is 23.4 Å². The van der Waals surface area contributed by atoms with Crippen LogP contribution in [0.2, 0.25) is 0 Å². The monoisotopic (exact) mass is 943 g/mol. The van der Waals surface area contributed by atoms with Crippen molar-refractivity contribution in [2.45, 2.75) is 90.6 Å². The van der Waals surface area contributed by atoms with Crippen molar-refractivity contribution in [3.63, 3.8) is 0 Å². The number of carbonyl (C=O) groups excluding carboxylic acids is 5. The molecule has 0 fully saturated rings. The zero-order valence-electron chi connectivity index (χ0n) is 42.1. The van der Waals surface area contributed by atoms with E-state index in [-0.39, 0.29) is 67.6 Å². The molecule has 0 saturated heterocycles. The molecule has 69 heavy (non-hydrogen) atoms. The SMILES string of the molecule is Cc1nc(-c2ccc(C(C)(C)C)cc2)ncc1C(=O)C[C@@H](CCN)C(=O)N(C)[C@@H]1C(=O)C[C@@H](C)C(=O)N[C@H](C(=O)CCC#N)Cc2ccc(OCCN(C)C)c(c2)-c2cc1ccc2OCCN(C)C. The summed E-state index contributed by atoms with van der Waals surface area (Å²) in [7, 11) is 9.30. The number of Topliss-reactive ketones (excluding diaryl/α,β-unsaturated/α-hetero) is 3. The Hall–Kier alpha value is -6.34. The van der Waals surface area contributed by atoms with Gasteiger partial charge in [-0.2, -0.15) is 5.26 Å². The third-order valence-electron chi connectivity index (χ3n) is 12.5. The summed E-state index contributed by atoms with van der Waals surface area (Å²) in [5.74, 6) is -2.41. The van der Waals surface area contributed by atoms with E-state index in [1.165, 1.54) is 23.7 Å². The molecule has 2 amide bonds. The Labute approximate surface area is 407 Å². The molecule has 0 unspecified atom stereocenters. The molecular formula is C54H70N8O7. The Bertz CT molecular complexity index is 2510. The van der Waals surface area contributed by atoms with Gasteiger partial charge in [0, 0.05) is 80.5 Å². The smallest absolute Gasteiger partial charge is 0.226 e. The number of hydrogen-bond acceptors (Lipinski definition) is 13. The van der Waals surface area contributed by atoms with Gasteiger partial charge in [-0.1, -0.05) is 64.1 Å². The second-order valence-corrected chi connectivity index (χ2v) is 19.6. The molecule has 15 heteroatoms.